The van der Waals surface area contributed by atoms with Gasteiger partial charge in [0.15, 0.2) is 0 Å². The molecule has 0 rings (SSSR count). The Kier molecular flexibility index (Phi) is 6.68. The second-order valence-corrected chi connectivity index (χ2v) is 6.34. The normalized spacial score (nSPS) is 17.0. The van der Waals surface area contributed by atoms with Crippen LogP contribution in [0.3, 0.4) is 0 Å². The molecule has 0 radical (unpaired) electrons. The maximum Gasteiger partial charge on any atom is 0.271 e. The summed E-state index contributed by atoms with van der Waals surface area (Å²) in [5.41, 5.74) is 5.85. The molecule has 0 heterocycles. The van der Waals surface area contributed by atoms with Crippen LogP contribution in [0.15, 0.2) is 11.1 Å². The Morgan fingerprint density at radius 3 is 1.95 bits per heavy atom. The zero-order valence-corrected chi connectivity index (χ0v) is 13.0. The van der Waals surface area contributed by atoms with Crippen molar-refractivity contribution in [2.45, 2.75) is 44.9 Å². The standard InChI is InChI=1S/C12H24N2O4S/c1-6-9(14(4)5)11(8(3)12(13)15)10(7-2)19(16,17)18/h9-10H,6-7H2,1-5H3,(H2,13,15)(H,16,17,18). The highest BCUT2D eigenvalue weighted by atomic mass is 32.2. The molecule has 0 saturated heterocycles. The Balaban J connectivity index is 6.07. The number of primary amides is 1. The molecule has 0 bridgehead atoms. The minimum absolute atomic E-state index is 0.184. The molecule has 0 fully saturated rings. The monoisotopic (exact) mass is 292 g/mol. The fourth-order valence-electron chi connectivity index (χ4n) is 2.30. The number of rotatable bonds is 7. The van der Waals surface area contributed by atoms with Crippen molar-refractivity contribution in [3.63, 3.8) is 0 Å². The summed E-state index contributed by atoms with van der Waals surface area (Å²) in [7, 11) is -0.692. The van der Waals surface area contributed by atoms with E-state index in [2.05, 4.69) is 0 Å². The molecule has 0 aliphatic rings. The van der Waals surface area contributed by atoms with Gasteiger partial charge in [-0.25, -0.2) is 0 Å². The van der Waals surface area contributed by atoms with Crippen LogP contribution in [0, 0.1) is 0 Å². The fraction of sp³-hybridized carbons (Fsp3) is 0.750. The van der Waals surface area contributed by atoms with E-state index in [0.717, 1.165) is 0 Å². The SMILES string of the molecule is CCC(C(=C(C)C(N)=O)C(CC)S(=O)(=O)O)N(C)C. The van der Waals surface area contributed by atoms with Crippen molar-refractivity contribution in [1.29, 1.82) is 0 Å². The van der Waals surface area contributed by atoms with E-state index >= 15 is 0 Å². The number of hydrogen-bond acceptors (Lipinski definition) is 4. The topological polar surface area (TPSA) is 101 Å². The van der Waals surface area contributed by atoms with Crippen LogP contribution in [0.2, 0.25) is 0 Å². The lowest BCUT2D eigenvalue weighted by molar-refractivity contribution is -0.114. The largest absolute Gasteiger partial charge is 0.366 e. The van der Waals surface area contributed by atoms with Gasteiger partial charge in [-0.05, 0) is 39.4 Å². The van der Waals surface area contributed by atoms with Gasteiger partial charge in [0.05, 0.1) is 0 Å². The summed E-state index contributed by atoms with van der Waals surface area (Å²) in [6.07, 6.45) is 0.794. The van der Waals surface area contributed by atoms with Gasteiger partial charge in [-0.3, -0.25) is 9.35 Å². The van der Waals surface area contributed by atoms with E-state index in [-0.39, 0.29) is 18.0 Å². The molecule has 0 aliphatic carbocycles. The van der Waals surface area contributed by atoms with Crippen molar-refractivity contribution in [3.8, 4) is 0 Å². The van der Waals surface area contributed by atoms with Crippen molar-refractivity contribution < 1.29 is 17.8 Å². The van der Waals surface area contributed by atoms with Gasteiger partial charge in [-0.15, -0.1) is 0 Å². The number of nitrogens with two attached hydrogens (primary N) is 1. The van der Waals surface area contributed by atoms with Crippen molar-refractivity contribution in [2.75, 3.05) is 14.1 Å². The van der Waals surface area contributed by atoms with Crippen LogP contribution in [0.4, 0.5) is 0 Å². The van der Waals surface area contributed by atoms with Crippen LogP contribution in [0.1, 0.15) is 33.6 Å². The summed E-state index contributed by atoms with van der Waals surface area (Å²) < 4.78 is 32.4. The molecule has 19 heavy (non-hydrogen) atoms. The molecule has 0 aromatic rings. The van der Waals surface area contributed by atoms with E-state index in [9.17, 15) is 17.8 Å². The lowest BCUT2D eigenvalue weighted by Crippen LogP contribution is -2.39. The first kappa shape index (κ1) is 18.1. The maximum atomic E-state index is 11.5. The van der Waals surface area contributed by atoms with Gasteiger partial charge >= 0.3 is 0 Å². The number of hydrogen-bond donors (Lipinski definition) is 2. The summed E-state index contributed by atoms with van der Waals surface area (Å²) >= 11 is 0. The number of likely N-dealkylation sites (N-methyl/N-ethyl adjacent to an activating group) is 1. The Hall–Kier alpha value is -0.920. The van der Waals surface area contributed by atoms with E-state index in [0.29, 0.717) is 12.0 Å². The first-order valence-electron chi connectivity index (χ1n) is 6.21. The second-order valence-electron chi connectivity index (χ2n) is 4.74. The number of carbonyl (C=O) groups is 1. The number of nitrogens with zero attached hydrogens (tertiary/aromatic N) is 1. The average molecular weight is 292 g/mol. The van der Waals surface area contributed by atoms with Crippen LogP contribution >= 0.6 is 0 Å². The third kappa shape index (κ3) is 4.59. The predicted molar refractivity (Wildman–Crippen MR) is 75.3 cm³/mol. The van der Waals surface area contributed by atoms with Crippen molar-refractivity contribution in [2.24, 2.45) is 5.73 Å². The lowest BCUT2D eigenvalue weighted by atomic mass is 9.93. The van der Waals surface area contributed by atoms with Crippen LogP contribution in [0.5, 0.6) is 0 Å². The molecule has 112 valence electrons. The van der Waals surface area contributed by atoms with E-state index in [1.54, 1.807) is 21.0 Å². The summed E-state index contributed by atoms with van der Waals surface area (Å²) in [6, 6.07) is -0.264. The second kappa shape index (κ2) is 7.02. The fourth-order valence-corrected chi connectivity index (χ4v) is 3.38. The van der Waals surface area contributed by atoms with E-state index in [1.165, 1.54) is 6.92 Å². The van der Waals surface area contributed by atoms with Crippen LogP contribution < -0.4 is 5.73 Å². The maximum absolute atomic E-state index is 11.5. The van der Waals surface area contributed by atoms with Crippen molar-refractivity contribution in [1.82, 2.24) is 4.90 Å². The smallest absolute Gasteiger partial charge is 0.271 e. The minimum Gasteiger partial charge on any atom is -0.366 e. The highest BCUT2D eigenvalue weighted by Gasteiger charge is 2.33. The molecular formula is C12H24N2O4S. The van der Waals surface area contributed by atoms with Gasteiger partial charge in [0.25, 0.3) is 10.1 Å². The molecule has 3 N–H and O–H groups in total. The molecule has 2 unspecified atom stereocenters. The van der Waals surface area contributed by atoms with Gasteiger partial charge in [-0.1, -0.05) is 13.8 Å². The Labute approximate surface area is 115 Å². The first-order valence-corrected chi connectivity index (χ1v) is 7.71. The Morgan fingerprint density at radius 2 is 1.74 bits per heavy atom. The van der Waals surface area contributed by atoms with Crippen molar-refractivity contribution in [3.05, 3.63) is 11.1 Å². The third-order valence-electron chi connectivity index (χ3n) is 3.25. The molecule has 1 amide bonds. The van der Waals surface area contributed by atoms with Crippen LogP contribution in [-0.4, -0.2) is 49.2 Å². The molecule has 0 spiro atoms. The van der Waals surface area contributed by atoms with Gasteiger partial charge in [0, 0.05) is 11.6 Å². The quantitative estimate of drug-likeness (QED) is 0.534. The summed E-state index contributed by atoms with van der Waals surface area (Å²) in [4.78, 5) is 13.2. The molecule has 0 aliphatic heterocycles. The Bertz CT molecular complexity index is 454. The molecule has 7 heteroatoms. The zero-order chi connectivity index (χ0) is 15.4. The van der Waals surface area contributed by atoms with Gasteiger partial charge in [0.2, 0.25) is 5.91 Å². The molecule has 6 nitrogen and oxygen atoms in total. The highest BCUT2D eigenvalue weighted by molar-refractivity contribution is 7.86. The van der Waals surface area contributed by atoms with Gasteiger partial charge in [0.1, 0.15) is 5.25 Å². The Morgan fingerprint density at radius 1 is 1.26 bits per heavy atom. The van der Waals surface area contributed by atoms with Crippen molar-refractivity contribution >= 4 is 16.0 Å². The number of amides is 1. The summed E-state index contributed by atoms with van der Waals surface area (Å²) in [5, 5.41) is -1.10. The van der Waals surface area contributed by atoms with E-state index < -0.39 is 21.3 Å². The van der Waals surface area contributed by atoms with Gasteiger partial charge in [-0.2, -0.15) is 8.42 Å². The average Bonchev–Trinajstić information content (AvgIpc) is 2.25. The minimum atomic E-state index is -4.27. The van der Waals surface area contributed by atoms with E-state index in [4.69, 9.17) is 5.73 Å². The predicted octanol–water partition coefficient (Wildman–Crippen LogP) is 0.795. The molecule has 0 aromatic carbocycles. The summed E-state index contributed by atoms with van der Waals surface area (Å²) in [6.45, 7) is 5.03. The van der Waals surface area contributed by atoms with Gasteiger partial charge < -0.3 is 10.6 Å². The van der Waals surface area contributed by atoms with Crippen LogP contribution in [0.25, 0.3) is 0 Å². The molecule has 2 atom stereocenters. The zero-order valence-electron chi connectivity index (χ0n) is 12.2. The lowest BCUT2D eigenvalue weighted by Gasteiger charge is -2.31. The van der Waals surface area contributed by atoms with Crippen LogP contribution in [-0.2, 0) is 14.9 Å². The molecule has 0 aromatic heterocycles. The third-order valence-corrected chi connectivity index (χ3v) is 4.56. The number of carbonyl (C=O) groups excluding carboxylic acids is 1. The summed E-state index contributed by atoms with van der Waals surface area (Å²) in [5.74, 6) is -0.669. The molecule has 0 saturated carbocycles. The molecular weight excluding hydrogens is 268 g/mol. The highest BCUT2D eigenvalue weighted by Crippen LogP contribution is 2.26. The van der Waals surface area contributed by atoms with E-state index in [1.807, 2.05) is 11.8 Å². The first-order chi connectivity index (χ1) is 8.57.